The van der Waals surface area contributed by atoms with Crippen LogP contribution in [0.5, 0.6) is 0 Å². The van der Waals surface area contributed by atoms with Crippen molar-refractivity contribution < 1.29 is 9.53 Å². The quantitative estimate of drug-likeness (QED) is 0.762. The summed E-state index contributed by atoms with van der Waals surface area (Å²) in [6, 6.07) is 16.2. The van der Waals surface area contributed by atoms with Gasteiger partial charge in [0.15, 0.2) is 0 Å². The molecule has 1 aromatic carbocycles. The molecule has 4 rings (SSSR count). The zero-order valence-electron chi connectivity index (χ0n) is 15.7. The maximum atomic E-state index is 13.4. The number of aromatic nitrogens is 1. The molecule has 0 bridgehead atoms. The number of hydrogen-bond donors (Lipinski definition) is 0. The molecule has 0 radical (unpaired) electrons. The third-order valence-corrected chi connectivity index (χ3v) is 5.87. The first-order valence-corrected chi connectivity index (χ1v) is 9.83. The minimum absolute atomic E-state index is 0.155. The Kier molecular flexibility index (Phi) is 5.62. The molecule has 2 aromatic rings. The van der Waals surface area contributed by atoms with Gasteiger partial charge in [0.2, 0.25) is 5.78 Å². The van der Waals surface area contributed by atoms with E-state index in [4.69, 9.17) is 4.74 Å². The third kappa shape index (κ3) is 3.95. The lowest BCUT2D eigenvalue weighted by Crippen LogP contribution is -2.62. The van der Waals surface area contributed by atoms with Gasteiger partial charge in [-0.3, -0.25) is 19.6 Å². The molecule has 27 heavy (non-hydrogen) atoms. The number of piperazine rings is 1. The van der Waals surface area contributed by atoms with Crippen molar-refractivity contribution in [3.8, 4) is 0 Å². The number of carbonyl (C=O) groups excluding carboxylic acids is 1. The summed E-state index contributed by atoms with van der Waals surface area (Å²) in [5.41, 5.74) is 1.45. The van der Waals surface area contributed by atoms with Crippen molar-refractivity contribution in [2.75, 3.05) is 39.4 Å². The topological polar surface area (TPSA) is 45.7 Å². The average Bonchev–Trinajstić information content (AvgIpc) is 2.75. The van der Waals surface area contributed by atoms with Crippen molar-refractivity contribution >= 4 is 5.78 Å². The number of benzene rings is 1. The van der Waals surface area contributed by atoms with Gasteiger partial charge in [0.25, 0.3) is 0 Å². The van der Waals surface area contributed by atoms with Crippen LogP contribution in [-0.2, 0) is 11.3 Å². The van der Waals surface area contributed by atoms with E-state index in [1.54, 1.807) is 6.20 Å². The fourth-order valence-electron chi connectivity index (χ4n) is 4.31. The first-order chi connectivity index (χ1) is 13.3. The van der Waals surface area contributed by atoms with Crippen LogP contribution in [0.1, 0.15) is 28.9 Å². The third-order valence-electron chi connectivity index (χ3n) is 5.87. The van der Waals surface area contributed by atoms with Gasteiger partial charge >= 0.3 is 0 Å². The summed E-state index contributed by atoms with van der Waals surface area (Å²) in [6.07, 6.45) is 3.21. The molecule has 0 unspecified atom stereocenters. The molecule has 0 amide bonds. The van der Waals surface area contributed by atoms with Crippen molar-refractivity contribution in [3.63, 3.8) is 0 Å². The van der Waals surface area contributed by atoms with Gasteiger partial charge in [0.1, 0.15) is 5.69 Å². The lowest BCUT2D eigenvalue weighted by molar-refractivity contribution is -0.0340. The highest BCUT2D eigenvalue weighted by Gasteiger charge is 2.46. The van der Waals surface area contributed by atoms with Crippen LogP contribution in [0.25, 0.3) is 0 Å². The lowest BCUT2D eigenvalue weighted by Gasteiger charge is -2.48. The fraction of sp³-hybridized carbons (Fsp3) is 0.455. The van der Waals surface area contributed by atoms with Gasteiger partial charge < -0.3 is 4.74 Å². The molecule has 5 heteroatoms. The molecular weight excluding hydrogens is 338 g/mol. The molecule has 0 aliphatic carbocycles. The van der Waals surface area contributed by atoms with Crippen molar-refractivity contribution in [1.82, 2.24) is 14.8 Å². The Morgan fingerprint density at radius 3 is 2.33 bits per heavy atom. The molecule has 2 aliphatic heterocycles. The monoisotopic (exact) mass is 365 g/mol. The number of hydrogen-bond acceptors (Lipinski definition) is 5. The summed E-state index contributed by atoms with van der Waals surface area (Å²) >= 11 is 0. The van der Waals surface area contributed by atoms with Gasteiger partial charge in [0.05, 0.1) is 5.54 Å². The lowest BCUT2D eigenvalue weighted by atomic mass is 9.81. The van der Waals surface area contributed by atoms with E-state index in [-0.39, 0.29) is 5.78 Å². The predicted octanol–water partition coefficient (Wildman–Crippen LogP) is 2.63. The molecule has 2 fully saturated rings. The van der Waals surface area contributed by atoms with Crippen LogP contribution < -0.4 is 0 Å². The smallest absolute Gasteiger partial charge is 0.201 e. The Labute approximate surface area is 161 Å². The van der Waals surface area contributed by atoms with Gasteiger partial charge in [-0.2, -0.15) is 0 Å². The first-order valence-electron chi connectivity index (χ1n) is 9.83. The Balaban J connectivity index is 1.47. The Morgan fingerprint density at radius 2 is 1.67 bits per heavy atom. The van der Waals surface area contributed by atoms with E-state index in [9.17, 15) is 4.79 Å². The van der Waals surface area contributed by atoms with E-state index < -0.39 is 5.54 Å². The molecule has 142 valence electrons. The summed E-state index contributed by atoms with van der Waals surface area (Å²) in [5, 5.41) is 0. The van der Waals surface area contributed by atoms with Crippen LogP contribution in [0.2, 0.25) is 0 Å². The summed E-state index contributed by atoms with van der Waals surface area (Å²) < 4.78 is 5.59. The van der Waals surface area contributed by atoms with E-state index in [2.05, 4.69) is 45.1 Å². The van der Waals surface area contributed by atoms with Gasteiger partial charge in [-0.1, -0.05) is 36.4 Å². The van der Waals surface area contributed by atoms with Crippen molar-refractivity contribution in [1.29, 1.82) is 0 Å². The molecule has 5 nitrogen and oxygen atoms in total. The van der Waals surface area contributed by atoms with Crippen LogP contribution in [0.4, 0.5) is 0 Å². The Morgan fingerprint density at radius 1 is 0.963 bits per heavy atom. The molecule has 0 N–H and O–H groups in total. The molecule has 0 atom stereocenters. The zero-order chi connectivity index (χ0) is 18.5. The summed E-state index contributed by atoms with van der Waals surface area (Å²) in [7, 11) is 0. The van der Waals surface area contributed by atoms with E-state index in [0.29, 0.717) is 18.9 Å². The highest BCUT2D eigenvalue weighted by molar-refractivity contribution is 6.01. The van der Waals surface area contributed by atoms with Gasteiger partial charge in [-0.05, 0) is 30.5 Å². The minimum atomic E-state index is -0.467. The molecule has 0 spiro atoms. The summed E-state index contributed by atoms with van der Waals surface area (Å²) in [5.74, 6) is 0.155. The zero-order valence-corrected chi connectivity index (χ0v) is 15.7. The second-order valence-electron chi connectivity index (χ2n) is 7.44. The average molecular weight is 365 g/mol. The maximum Gasteiger partial charge on any atom is 0.201 e. The highest BCUT2D eigenvalue weighted by atomic mass is 16.5. The van der Waals surface area contributed by atoms with E-state index in [1.165, 1.54) is 5.56 Å². The second kappa shape index (κ2) is 8.30. The number of ketones is 1. The molecular formula is C22H27N3O2. The normalized spacial score (nSPS) is 21.0. The first kappa shape index (κ1) is 18.3. The van der Waals surface area contributed by atoms with Crippen LogP contribution in [0.15, 0.2) is 54.7 Å². The number of ether oxygens (including phenoxy) is 1. The van der Waals surface area contributed by atoms with Gasteiger partial charge in [-0.25, -0.2) is 0 Å². The number of nitrogens with zero attached hydrogens (tertiary/aromatic N) is 3. The predicted molar refractivity (Wildman–Crippen MR) is 105 cm³/mol. The van der Waals surface area contributed by atoms with Crippen molar-refractivity contribution in [2.24, 2.45) is 0 Å². The second-order valence-corrected chi connectivity index (χ2v) is 7.44. The number of pyridine rings is 1. The molecule has 1 aromatic heterocycles. The van der Waals surface area contributed by atoms with Gasteiger partial charge in [0, 0.05) is 52.1 Å². The number of carbonyl (C=O) groups is 1. The largest absolute Gasteiger partial charge is 0.381 e. The molecule has 2 aliphatic rings. The molecule has 2 saturated heterocycles. The molecule has 0 saturated carbocycles. The standard InChI is InChI=1S/C22H27N3O2/c26-21(20-8-4-5-11-23-20)22(9-16-27-17-10-22)25-14-12-24(13-15-25)18-19-6-2-1-3-7-19/h1-8,11H,9-10,12-18H2. The van der Waals surface area contributed by atoms with Crippen LogP contribution in [-0.4, -0.2) is 65.5 Å². The fourth-order valence-corrected chi connectivity index (χ4v) is 4.31. The SMILES string of the molecule is O=C(c1ccccn1)C1(N2CCN(Cc3ccccc3)CC2)CCOCC1. The minimum Gasteiger partial charge on any atom is -0.381 e. The van der Waals surface area contributed by atoms with Crippen molar-refractivity contribution in [3.05, 3.63) is 66.0 Å². The van der Waals surface area contributed by atoms with Crippen LogP contribution >= 0.6 is 0 Å². The maximum absolute atomic E-state index is 13.4. The van der Waals surface area contributed by atoms with E-state index in [1.807, 2.05) is 18.2 Å². The van der Waals surface area contributed by atoms with Gasteiger partial charge in [-0.15, -0.1) is 0 Å². The van der Waals surface area contributed by atoms with E-state index >= 15 is 0 Å². The molecule has 3 heterocycles. The Bertz CT molecular complexity index is 737. The van der Waals surface area contributed by atoms with Crippen molar-refractivity contribution in [2.45, 2.75) is 24.9 Å². The summed E-state index contributed by atoms with van der Waals surface area (Å²) in [6.45, 7) is 6.03. The number of rotatable bonds is 5. The summed E-state index contributed by atoms with van der Waals surface area (Å²) in [4.78, 5) is 22.6. The Hall–Kier alpha value is -2.08. The van der Waals surface area contributed by atoms with Crippen LogP contribution in [0, 0.1) is 0 Å². The number of Topliss-reactive ketones (excluding diaryl/α,β-unsaturated/α-hetero) is 1. The van der Waals surface area contributed by atoms with Crippen LogP contribution in [0.3, 0.4) is 0 Å². The van der Waals surface area contributed by atoms with E-state index in [0.717, 1.165) is 45.6 Å². The highest BCUT2D eigenvalue weighted by Crippen LogP contribution is 2.32.